The van der Waals surface area contributed by atoms with Gasteiger partial charge in [0.2, 0.25) is 11.7 Å². The molecule has 1 unspecified atom stereocenters. The van der Waals surface area contributed by atoms with Crippen LogP contribution in [0.5, 0.6) is 5.88 Å². The Balaban J connectivity index is 1.49. The number of rotatable bonds is 6. The Bertz CT molecular complexity index is 1200. The largest absolute Gasteiger partial charge is 0.474 e. The summed E-state index contributed by atoms with van der Waals surface area (Å²) in [5.74, 6) is 0.424. The number of nitrogens with zero attached hydrogens (tertiary/aromatic N) is 4. The lowest BCUT2D eigenvalue weighted by Gasteiger charge is -2.19. The first-order valence-corrected chi connectivity index (χ1v) is 11.2. The Morgan fingerprint density at radius 1 is 1.25 bits per heavy atom. The predicted molar refractivity (Wildman–Crippen MR) is 118 cm³/mol. The van der Waals surface area contributed by atoms with Crippen LogP contribution in [0.25, 0.3) is 5.78 Å². The third-order valence-electron chi connectivity index (χ3n) is 5.77. The Hall–Kier alpha value is -3.20. The van der Waals surface area contributed by atoms with Crippen LogP contribution >= 0.6 is 0 Å². The molecular formula is C23H27N5O4. The zero-order valence-corrected chi connectivity index (χ0v) is 18.3. The van der Waals surface area contributed by atoms with Crippen LogP contribution in [0.1, 0.15) is 67.5 Å². The van der Waals surface area contributed by atoms with E-state index >= 15 is 0 Å². The molecule has 9 heteroatoms. The van der Waals surface area contributed by atoms with E-state index in [0.29, 0.717) is 12.4 Å². The molecule has 0 spiro atoms. The van der Waals surface area contributed by atoms with Crippen molar-refractivity contribution in [3.05, 3.63) is 52.3 Å². The number of carbonyl (C=O) groups excluding carboxylic acids is 1. The monoisotopic (exact) mass is 437 g/mol. The molecule has 3 aromatic heterocycles. The number of anilines is 1. The number of fused-ring (bicyclic) bond motifs is 1. The maximum absolute atomic E-state index is 13.2. The minimum Gasteiger partial charge on any atom is -0.474 e. The predicted octanol–water partition coefficient (Wildman–Crippen LogP) is 3.16. The lowest BCUT2D eigenvalue weighted by Crippen LogP contribution is -2.25. The third-order valence-corrected chi connectivity index (χ3v) is 5.77. The standard InChI is InChI=1S/C23H27N5O4/c1-14(2)32-21-17(20(29)24-18-6-3-9-28(22(18)30)16-7-8-16)11-27-12-19(25-23(27)26-21)15-5-4-10-31-13-15/h3,6,9,11-12,14-16H,4-5,7-8,10,13H2,1-2H3,(H,24,29). The zero-order valence-electron chi connectivity index (χ0n) is 18.3. The average molecular weight is 438 g/mol. The van der Waals surface area contributed by atoms with Crippen molar-refractivity contribution in [2.24, 2.45) is 0 Å². The number of aromatic nitrogens is 4. The summed E-state index contributed by atoms with van der Waals surface area (Å²) >= 11 is 0. The van der Waals surface area contributed by atoms with Gasteiger partial charge in [-0.25, -0.2) is 4.98 Å². The first kappa shape index (κ1) is 20.7. The molecule has 32 heavy (non-hydrogen) atoms. The van der Waals surface area contributed by atoms with E-state index in [0.717, 1.165) is 38.0 Å². The topological polar surface area (TPSA) is 99.8 Å². The third kappa shape index (κ3) is 4.12. The van der Waals surface area contributed by atoms with Gasteiger partial charge in [0.25, 0.3) is 11.5 Å². The highest BCUT2D eigenvalue weighted by molar-refractivity contribution is 6.05. The van der Waals surface area contributed by atoms with Gasteiger partial charge in [0.05, 0.1) is 18.4 Å². The summed E-state index contributed by atoms with van der Waals surface area (Å²) in [7, 11) is 0. The van der Waals surface area contributed by atoms with E-state index in [1.54, 1.807) is 33.5 Å². The molecule has 1 N–H and O–H groups in total. The van der Waals surface area contributed by atoms with Crippen molar-refractivity contribution in [3.63, 3.8) is 0 Å². The number of nitrogens with one attached hydrogen (secondary N) is 1. The van der Waals surface area contributed by atoms with Gasteiger partial charge in [0, 0.05) is 37.2 Å². The maximum atomic E-state index is 13.2. The molecule has 5 rings (SSSR count). The van der Waals surface area contributed by atoms with Crippen molar-refractivity contribution in [1.29, 1.82) is 0 Å². The van der Waals surface area contributed by atoms with Gasteiger partial charge in [-0.1, -0.05) is 0 Å². The van der Waals surface area contributed by atoms with Crippen molar-refractivity contribution >= 4 is 17.4 Å². The molecule has 9 nitrogen and oxygen atoms in total. The van der Waals surface area contributed by atoms with Crippen molar-refractivity contribution in [2.45, 2.75) is 57.6 Å². The maximum Gasteiger partial charge on any atom is 0.274 e. The molecule has 2 aliphatic rings. The molecule has 2 fully saturated rings. The molecule has 1 aliphatic carbocycles. The molecule has 3 aromatic rings. The first-order valence-electron chi connectivity index (χ1n) is 11.2. The van der Waals surface area contributed by atoms with Crippen LogP contribution in [0.2, 0.25) is 0 Å². The molecule has 1 atom stereocenters. The number of amides is 1. The summed E-state index contributed by atoms with van der Waals surface area (Å²) in [4.78, 5) is 35.1. The second-order valence-corrected chi connectivity index (χ2v) is 8.73. The molecule has 0 aromatic carbocycles. The van der Waals surface area contributed by atoms with Crippen LogP contribution < -0.4 is 15.6 Å². The lowest BCUT2D eigenvalue weighted by atomic mass is 9.99. The van der Waals surface area contributed by atoms with Gasteiger partial charge >= 0.3 is 0 Å². The van der Waals surface area contributed by atoms with E-state index in [4.69, 9.17) is 9.47 Å². The number of pyridine rings is 1. The van der Waals surface area contributed by atoms with Crippen LogP contribution in [0.3, 0.4) is 0 Å². The molecule has 0 radical (unpaired) electrons. The molecule has 0 bridgehead atoms. The molecule has 168 valence electrons. The number of ether oxygens (including phenoxy) is 2. The van der Waals surface area contributed by atoms with Crippen molar-refractivity contribution in [1.82, 2.24) is 18.9 Å². The fourth-order valence-corrected chi connectivity index (χ4v) is 4.00. The van der Waals surface area contributed by atoms with Crippen molar-refractivity contribution < 1.29 is 14.3 Å². The van der Waals surface area contributed by atoms with E-state index in [9.17, 15) is 9.59 Å². The Morgan fingerprint density at radius 3 is 2.81 bits per heavy atom. The molecule has 1 saturated carbocycles. The van der Waals surface area contributed by atoms with E-state index < -0.39 is 5.91 Å². The summed E-state index contributed by atoms with van der Waals surface area (Å²) in [6.45, 7) is 5.15. The van der Waals surface area contributed by atoms with Crippen molar-refractivity contribution in [2.75, 3.05) is 18.5 Å². The summed E-state index contributed by atoms with van der Waals surface area (Å²) in [6.07, 6.45) is 9.11. The summed E-state index contributed by atoms with van der Waals surface area (Å²) in [5.41, 5.74) is 1.17. The van der Waals surface area contributed by atoms with Gasteiger partial charge in [-0.2, -0.15) is 4.98 Å². The fourth-order valence-electron chi connectivity index (χ4n) is 4.00. The number of hydrogen-bond donors (Lipinski definition) is 1. The van der Waals surface area contributed by atoms with Gasteiger partial charge < -0.3 is 19.4 Å². The van der Waals surface area contributed by atoms with Gasteiger partial charge in [0.15, 0.2) is 0 Å². The van der Waals surface area contributed by atoms with Gasteiger partial charge in [-0.3, -0.25) is 14.0 Å². The van der Waals surface area contributed by atoms with Crippen LogP contribution in [0.15, 0.2) is 35.5 Å². The van der Waals surface area contributed by atoms with E-state index in [1.165, 1.54) is 0 Å². The number of carbonyl (C=O) groups is 1. The smallest absolute Gasteiger partial charge is 0.274 e. The van der Waals surface area contributed by atoms with Crippen LogP contribution in [0.4, 0.5) is 5.69 Å². The van der Waals surface area contributed by atoms with Crippen LogP contribution in [-0.2, 0) is 4.74 Å². The van der Waals surface area contributed by atoms with Gasteiger partial charge in [0.1, 0.15) is 11.3 Å². The van der Waals surface area contributed by atoms with Crippen LogP contribution in [0, 0.1) is 0 Å². The molecule has 1 amide bonds. The van der Waals surface area contributed by atoms with Gasteiger partial charge in [-0.15, -0.1) is 0 Å². The second kappa shape index (κ2) is 8.38. The fraction of sp³-hybridized carbons (Fsp3) is 0.478. The number of imidazole rings is 1. The normalized spacial score (nSPS) is 18.8. The van der Waals surface area contributed by atoms with Crippen molar-refractivity contribution in [3.8, 4) is 5.88 Å². The molecule has 1 saturated heterocycles. The van der Waals surface area contributed by atoms with E-state index in [1.807, 2.05) is 20.0 Å². The summed E-state index contributed by atoms with van der Waals surface area (Å²) in [5, 5.41) is 2.75. The Labute approximate surface area is 185 Å². The highest BCUT2D eigenvalue weighted by atomic mass is 16.5. The highest BCUT2D eigenvalue weighted by Crippen LogP contribution is 2.33. The second-order valence-electron chi connectivity index (χ2n) is 8.73. The Kier molecular flexibility index (Phi) is 5.42. The SMILES string of the molecule is CC(C)Oc1nc2nc(C3CCCOC3)cn2cc1C(=O)Nc1cccn(C2CC2)c1=O. The van der Waals surface area contributed by atoms with E-state index in [2.05, 4.69) is 15.3 Å². The lowest BCUT2D eigenvalue weighted by molar-refractivity contribution is 0.0794. The quantitative estimate of drug-likeness (QED) is 0.636. The van der Waals surface area contributed by atoms with Gasteiger partial charge in [-0.05, 0) is 51.7 Å². The highest BCUT2D eigenvalue weighted by Gasteiger charge is 2.26. The number of hydrogen-bond acceptors (Lipinski definition) is 6. The first-order chi connectivity index (χ1) is 15.5. The molecule has 1 aliphatic heterocycles. The summed E-state index contributed by atoms with van der Waals surface area (Å²) in [6, 6.07) is 3.62. The average Bonchev–Trinajstić information content (AvgIpc) is 3.53. The molecular weight excluding hydrogens is 410 g/mol. The minimum absolute atomic E-state index is 0.179. The van der Waals surface area contributed by atoms with Crippen LogP contribution in [-0.4, -0.2) is 44.2 Å². The molecule has 4 heterocycles. The zero-order chi connectivity index (χ0) is 22.2. The summed E-state index contributed by atoms with van der Waals surface area (Å²) < 4.78 is 14.8. The minimum atomic E-state index is -0.447. The Morgan fingerprint density at radius 2 is 2.09 bits per heavy atom. The van der Waals surface area contributed by atoms with E-state index in [-0.39, 0.29) is 40.8 Å².